The van der Waals surface area contributed by atoms with Crippen molar-refractivity contribution in [2.45, 2.75) is 32.3 Å². The van der Waals surface area contributed by atoms with Crippen molar-refractivity contribution in [1.29, 1.82) is 0 Å². The minimum absolute atomic E-state index is 0. The molecule has 0 bridgehead atoms. The van der Waals surface area contributed by atoms with Gasteiger partial charge in [0.25, 0.3) is 0 Å². The second-order valence-electron chi connectivity index (χ2n) is 6.27. The summed E-state index contributed by atoms with van der Waals surface area (Å²) < 4.78 is 5.69. The number of nitrogens with zero attached hydrogens (tertiary/aromatic N) is 1. The van der Waals surface area contributed by atoms with Crippen LogP contribution in [0.4, 0.5) is 0 Å². The summed E-state index contributed by atoms with van der Waals surface area (Å²) >= 11 is 0. The second-order valence-corrected chi connectivity index (χ2v) is 6.27. The Morgan fingerprint density at radius 3 is 2.36 bits per heavy atom. The highest BCUT2D eigenvalue weighted by Crippen LogP contribution is 2.14. The van der Waals surface area contributed by atoms with Gasteiger partial charge in [0.15, 0.2) is 5.96 Å². The third-order valence-corrected chi connectivity index (χ3v) is 4.07. The zero-order valence-corrected chi connectivity index (χ0v) is 18.8. The van der Waals surface area contributed by atoms with Crippen molar-refractivity contribution < 1.29 is 9.84 Å². The number of hydrogen-bond donors (Lipinski definition) is 3. The van der Waals surface area contributed by atoms with Gasteiger partial charge < -0.3 is 20.5 Å². The minimum atomic E-state index is -0.461. The first-order chi connectivity index (χ1) is 13.3. The quantitative estimate of drug-likeness (QED) is 0.189. The van der Waals surface area contributed by atoms with Crippen molar-refractivity contribution in [3.8, 4) is 5.75 Å². The Hall–Kier alpha value is -1.80. The molecule has 0 spiro atoms. The molecule has 28 heavy (non-hydrogen) atoms. The van der Waals surface area contributed by atoms with Crippen LogP contribution in [0, 0.1) is 0 Å². The van der Waals surface area contributed by atoms with Gasteiger partial charge in [-0.2, -0.15) is 0 Å². The SMILES string of the molecule is CCNC(=NCCCCOc1ccccc1)NCCC(O)c1ccccc1.I. The molecular formula is C22H32IN3O2. The van der Waals surface area contributed by atoms with Crippen LogP contribution in [0.3, 0.4) is 0 Å². The number of benzene rings is 2. The molecule has 0 radical (unpaired) electrons. The zero-order chi connectivity index (χ0) is 19.2. The van der Waals surface area contributed by atoms with E-state index in [1.807, 2.05) is 67.6 Å². The maximum Gasteiger partial charge on any atom is 0.191 e. The predicted molar refractivity (Wildman–Crippen MR) is 127 cm³/mol. The van der Waals surface area contributed by atoms with Gasteiger partial charge in [0.05, 0.1) is 12.7 Å². The van der Waals surface area contributed by atoms with E-state index in [0.29, 0.717) is 19.6 Å². The Bertz CT molecular complexity index is 653. The zero-order valence-electron chi connectivity index (χ0n) is 16.5. The number of aliphatic hydroxyl groups excluding tert-OH is 1. The first kappa shape index (κ1) is 24.2. The van der Waals surface area contributed by atoms with Crippen LogP contribution in [0.1, 0.15) is 37.9 Å². The number of hydrogen-bond acceptors (Lipinski definition) is 3. The first-order valence-corrected chi connectivity index (χ1v) is 9.72. The van der Waals surface area contributed by atoms with E-state index in [2.05, 4.69) is 15.6 Å². The van der Waals surface area contributed by atoms with Crippen LogP contribution in [0.5, 0.6) is 5.75 Å². The summed E-state index contributed by atoms with van der Waals surface area (Å²) in [5.41, 5.74) is 0.944. The van der Waals surface area contributed by atoms with Gasteiger partial charge in [-0.1, -0.05) is 48.5 Å². The van der Waals surface area contributed by atoms with E-state index in [1.165, 1.54) is 0 Å². The van der Waals surface area contributed by atoms with E-state index >= 15 is 0 Å². The fourth-order valence-electron chi connectivity index (χ4n) is 2.62. The van der Waals surface area contributed by atoms with E-state index < -0.39 is 6.10 Å². The van der Waals surface area contributed by atoms with Crippen molar-refractivity contribution in [3.05, 3.63) is 66.2 Å². The molecule has 0 amide bonds. The molecule has 154 valence electrons. The van der Waals surface area contributed by atoms with Crippen molar-refractivity contribution in [3.63, 3.8) is 0 Å². The molecule has 0 heterocycles. The summed E-state index contributed by atoms with van der Waals surface area (Å²) in [5.74, 6) is 1.70. The molecule has 1 unspecified atom stereocenters. The average molecular weight is 497 g/mol. The Morgan fingerprint density at radius 2 is 1.68 bits per heavy atom. The molecule has 0 aliphatic heterocycles. The number of para-hydroxylation sites is 1. The van der Waals surface area contributed by atoms with Crippen molar-refractivity contribution >= 4 is 29.9 Å². The number of nitrogens with one attached hydrogen (secondary N) is 2. The summed E-state index contributed by atoms with van der Waals surface area (Å²) in [6.07, 6.45) is 2.11. The highest BCUT2D eigenvalue weighted by molar-refractivity contribution is 14.0. The molecular weight excluding hydrogens is 465 g/mol. The Kier molecular flexibility index (Phi) is 13.1. The van der Waals surface area contributed by atoms with Crippen LogP contribution in [-0.4, -0.2) is 37.3 Å². The second kappa shape index (κ2) is 15.2. The summed E-state index contributed by atoms with van der Waals surface area (Å²) in [6.45, 7) is 4.97. The van der Waals surface area contributed by atoms with Crippen LogP contribution < -0.4 is 15.4 Å². The molecule has 0 aliphatic carbocycles. The van der Waals surface area contributed by atoms with Gasteiger partial charge in [-0.3, -0.25) is 4.99 Å². The van der Waals surface area contributed by atoms with Crippen molar-refractivity contribution in [1.82, 2.24) is 10.6 Å². The van der Waals surface area contributed by atoms with Crippen LogP contribution in [0.15, 0.2) is 65.7 Å². The number of guanidine groups is 1. The van der Waals surface area contributed by atoms with E-state index in [9.17, 15) is 5.11 Å². The van der Waals surface area contributed by atoms with Gasteiger partial charge in [-0.15, -0.1) is 24.0 Å². The van der Waals surface area contributed by atoms with E-state index in [4.69, 9.17) is 4.74 Å². The lowest BCUT2D eigenvalue weighted by atomic mass is 10.1. The summed E-state index contributed by atoms with van der Waals surface area (Å²) in [4.78, 5) is 4.58. The topological polar surface area (TPSA) is 65.9 Å². The number of halogens is 1. The molecule has 1 atom stereocenters. The molecule has 2 rings (SSSR count). The maximum absolute atomic E-state index is 10.2. The first-order valence-electron chi connectivity index (χ1n) is 9.72. The average Bonchev–Trinajstić information content (AvgIpc) is 2.71. The van der Waals surface area contributed by atoms with E-state index in [1.54, 1.807) is 0 Å². The lowest BCUT2D eigenvalue weighted by Crippen LogP contribution is -2.38. The van der Waals surface area contributed by atoms with Crippen LogP contribution in [-0.2, 0) is 0 Å². The van der Waals surface area contributed by atoms with Gasteiger partial charge in [0.2, 0.25) is 0 Å². The molecule has 0 saturated carbocycles. The molecule has 0 saturated heterocycles. The monoisotopic (exact) mass is 497 g/mol. The van der Waals surface area contributed by atoms with Crippen LogP contribution in [0.25, 0.3) is 0 Å². The molecule has 0 aliphatic rings. The van der Waals surface area contributed by atoms with Crippen LogP contribution in [0.2, 0.25) is 0 Å². The fourth-order valence-corrected chi connectivity index (χ4v) is 2.62. The normalized spacial score (nSPS) is 12.0. The van der Waals surface area contributed by atoms with Crippen LogP contribution >= 0.6 is 24.0 Å². The highest BCUT2D eigenvalue weighted by atomic mass is 127. The predicted octanol–water partition coefficient (Wildman–Crippen LogP) is 4.14. The lowest BCUT2D eigenvalue weighted by Gasteiger charge is -2.14. The van der Waals surface area contributed by atoms with Gasteiger partial charge >= 0.3 is 0 Å². The number of rotatable bonds is 11. The highest BCUT2D eigenvalue weighted by Gasteiger charge is 2.06. The maximum atomic E-state index is 10.2. The lowest BCUT2D eigenvalue weighted by molar-refractivity contribution is 0.168. The molecule has 2 aromatic rings. The fraction of sp³-hybridized carbons (Fsp3) is 0.409. The summed E-state index contributed by atoms with van der Waals surface area (Å²) in [5, 5.41) is 16.7. The minimum Gasteiger partial charge on any atom is -0.494 e. The largest absolute Gasteiger partial charge is 0.494 e. The smallest absolute Gasteiger partial charge is 0.191 e. The van der Waals surface area contributed by atoms with E-state index in [0.717, 1.165) is 43.2 Å². The van der Waals surface area contributed by atoms with Crippen molar-refractivity contribution in [2.24, 2.45) is 4.99 Å². The molecule has 5 nitrogen and oxygen atoms in total. The number of unbranched alkanes of at least 4 members (excludes halogenated alkanes) is 1. The van der Waals surface area contributed by atoms with Gasteiger partial charge in [-0.25, -0.2) is 0 Å². The Balaban J connectivity index is 0.00000392. The molecule has 2 aromatic carbocycles. The third-order valence-electron chi connectivity index (χ3n) is 4.07. The summed E-state index contributed by atoms with van der Waals surface area (Å²) in [6, 6.07) is 19.6. The molecule has 6 heteroatoms. The molecule has 3 N–H and O–H groups in total. The van der Waals surface area contributed by atoms with Crippen molar-refractivity contribution in [2.75, 3.05) is 26.2 Å². The third kappa shape index (κ3) is 9.94. The Labute approximate surface area is 185 Å². The Morgan fingerprint density at radius 1 is 1.00 bits per heavy atom. The number of aliphatic imine (C=N–C) groups is 1. The molecule has 0 aromatic heterocycles. The van der Waals surface area contributed by atoms with Gasteiger partial charge in [-0.05, 0) is 43.9 Å². The molecule has 0 fully saturated rings. The van der Waals surface area contributed by atoms with Gasteiger partial charge in [0, 0.05) is 19.6 Å². The summed E-state index contributed by atoms with van der Waals surface area (Å²) in [7, 11) is 0. The standard InChI is InChI=1S/C22H31N3O2.HI/c1-2-23-22(25-17-15-21(26)19-11-5-3-6-12-19)24-16-9-10-18-27-20-13-7-4-8-14-20;/h3-8,11-14,21,26H,2,9-10,15-18H2,1H3,(H2,23,24,25);1H. The van der Waals surface area contributed by atoms with E-state index in [-0.39, 0.29) is 24.0 Å². The number of aliphatic hydroxyl groups is 1. The van der Waals surface area contributed by atoms with Gasteiger partial charge in [0.1, 0.15) is 5.75 Å². The number of ether oxygens (including phenoxy) is 1.